The van der Waals surface area contributed by atoms with Crippen molar-refractivity contribution in [1.82, 2.24) is 5.32 Å². The van der Waals surface area contributed by atoms with Gasteiger partial charge in [-0.3, -0.25) is 14.4 Å². The van der Waals surface area contributed by atoms with Crippen molar-refractivity contribution >= 4 is 46.9 Å². The summed E-state index contributed by atoms with van der Waals surface area (Å²) in [5.41, 5.74) is 4.74. The first-order valence-corrected chi connectivity index (χ1v) is 13.4. The summed E-state index contributed by atoms with van der Waals surface area (Å²) in [4.78, 5) is 39.5. The number of benzene rings is 4. The molecule has 0 aliphatic heterocycles. The van der Waals surface area contributed by atoms with Crippen molar-refractivity contribution in [2.75, 3.05) is 16.4 Å². The fraction of sp³-hybridized carbons (Fsp3) is 0.0938. The van der Waals surface area contributed by atoms with Crippen molar-refractivity contribution in [3.63, 3.8) is 0 Å². The lowest BCUT2D eigenvalue weighted by Gasteiger charge is -2.13. The van der Waals surface area contributed by atoms with Crippen LogP contribution < -0.4 is 16.0 Å². The number of carbonyl (C=O) groups excluding carboxylic acids is 3. The van der Waals surface area contributed by atoms with E-state index in [9.17, 15) is 14.4 Å². The number of carbonyl (C=O) groups is 3. The summed E-state index contributed by atoms with van der Waals surface area (Å²) in [5, 5.41) is 8.59. The monoisotopic (exact) mass is 535 g/mol. The van der Waals surface area contributed by atoms with Crippen molar-refractivity contribution < 1.29 is 14.4 Å². The molecule has 0 heterocycles. The van der Waals surface area contributed by atoms with Gasteiger partial charge in [0.05, 0.1) is 5.75 Å². The van der Waals surface area contributed by atoms with Gasteiger partial charge in [0.25, 0.3) is 11.8 Å². The number of thioether (sulfide) groups is 1. The van der Waals surface area contributed by atoms with Gasteiger partial charge in [0.15, 0.2) is 0 Å². The van der Waals surface area contributed by atoms with Gasteiger partial charge in [-0.1, -0.05) is 72.8 Å². The normalized spacial score (nSPS) is 11.0. The number of nitrogens with one attached hydrogen (secondary N) is 3. The van der Waals surface area contributed by atoms with Gasteiger partial charge in [0, 0.05) is 21.8 Å². The summed E-state index contributed by atoms with van der Waals surface area (Å²) in [6.45, 7) is 3.93. The molecule has 0 atom stereocenters. The second-order valence-corrected chi connectivity index (χ2v) is 9.92. The summed E-state index contributed by atoms with van der Waals surface area (Å²) in [5.74, 6) is -0.731. The van der Waals surface area contributed by atoms with Crippen molar-refractivity contribution in [3.05, 3.63) is 131 Å². The Labute approximate surface area is 232 Å². The molecule has 0 fully saturated rings. The van der Waals surface area contributed by atoms with Gasteiger partial charge >= 0.3 is 0 Å². The minimum absolute atomic E-state index is 0.108. The van der Waals surface area contributed by atoms with E-state index in [0.717, 1.165) is 27.3 Å². The molecule has 0 saturated heterocycles. The van der Waals surface area contributed by atoms with Crippen molar-refractivity contribution in [2.45, 2.75) is 18.7 Å². The second kappa shape index (κ2) is 13.3. The highest BCUT2D eigenvalue weighted by Crippen LogP contribution is 2.24. The largest absolute Gasteiger partial charge is 0.325 e. The summed E-state index contributed by atoms with van der Waals surface area (Å²) >= 11 is 1.37. The van der Waals surface area contributed by atoms with E-state index in [4.69, 9.17) is 0 Å². The summed E-state index contributed by atoms with van der Waals surface area (Å²) < 4.78 is 0. The molecule has 3 amide bonds. The van der Waals surface area contributed by atoms with Gasteiger partial charge in [-0.15, -0.1) is 11.8 Å². The maximum Gasteiger partial charge on any atom is 0.272 e. The zero-order valence-corrected chi connectivity index (χ0v) is 22.5. The molecular weight excluding hydrogens is 506 g/mol. The SMILES string of the molecule is Cc1cccc(C)c1NC(=O)CSc1cccc(NC(=O)/C(=C/c2ccccc2)NC(=O)c2ccccc2)c1. The van der Waals surface area contributed by atoms with E-state index in [1.807, 2.05) is 80.6 Å². The maximum absolute atomic E-state index is 13.3. The third-order valence-corrected chi connectivity index (χ3v) is 6.84. The van der Waals surface area contributed by atoms with Crippen molar-refractivity contribution in [1.29, 1.82) is 0 Å². The Morgan fingerprint density at radius 2 is 1.38 bits per heavy atom. The molecular formula is C32H29N3O3S. The molecule has 0 saturated carbocycles. The average molecular weight is 536 g/mol. The quantitative estimate of drug-likeness (QED) is 0.170. The first kappa shape index (κ1) is 27.4. The van der Waals surface area contributed by atoms with Crippen LogP contribution in [0.3, 0.4) is 0 Å². The Morgan fingerprint density at radius 3 is 2.08 bits per heavy atom. The fourth-order valence-electron chi connectivity index (χ4n) is 3.86. The Bertz CT molecular complexity index is 1480. The molecule has 4 aromatic rings. The predicted octanol–water partition coefficient (Wildman–Crippen LogP) is 6.44. The van der Waals surface area contributed by atoms with E-state index < -0.39 is 5.91 Å². The van der Waals surface area contributed by atoms with Crippen LogP contribution in [0.25, 0.3) is 6.08 Å². The number of aryl methyl sites for hydroxylation is 2. The lowest BCUT2D eigenvalue weighted by atomic mass is 10.1. The van der Waals surface area contributed by atoms with Gasteiger partial charge in [0.2, 0.25) is 5.91 Å². The molecule has 39 heavy (non-hydrogen) atoms. The first-order valence-electron chi connectivity index (χ1n) is 12.4. The Kier molecular flexibility index (Phi) is 9.32. The number of para-hydroxylation sites is 1. The van der Waals surface area contributed by atoms with E-state index >= 15 is 0 Å². The Hall–Kier alpha value is -4.62. The van der Waals surface area contributed by atoms with Crippen molar-refractivity contribution in [2.24, 2.45) is 0 Å². The molecule has 4 rings (SSSR count). The van der Waals surface area contributed by atoms with Crippen LogP contribution in [0.15, 0.2) is 114 Å². The summed E-state index contributed by atoms with van der Waals surface area (Å²) in [7, 11) is 0. The second-order valence-electron chi connectivity index (χ2n) is 8.87. The molecule has 7 heteroatoms. The smallest absolute Gasteiger partial charge is 0.272 e. The standard InChI is InChI=1S/C32H29N3O3S/c1-22-11-9-12-23(2)30(22)35-29(36)21-39-27-18-10-17-26(20-27)33-32(38)28(19-24-13-5-3-6-14-24)34-31(37)25-15-7-4-8-16-25/h3-20H,21H2,1-2H3,(H,33,38)(H,34,37)(H,35,36)/b28-19-. The zero-order chi connectivity index (χ0) is 27.6. The number of rotatable bonds is 9. The molecule has 4 aromatic carbocycles. The Morgan fingerprint density at radius 1 is 0.744 bits per heavy atom. The highest BCUT2D eigenvalue weighted by atomic mass is 32.2. The van der Waals surface area contributed by atoms with Gasteiger partial charge < -0.3 is 16.0 Å². The van der Waals surface area contributed by atoms with Crippen LogP contribution in [-0.4, -0.2) is 23.5 Å². The molecule has 0 bridgehead atoms. The van der Waals surface area contributed by atoms with E-state index in [0.29, 0.717) is 11.3 Å². The highest BCUT2D eigenvalue weighted by Gasteiger charge is 2.15. The van der Waals surface area contributed by atoms with E-state index in [1.54, 1.807) is 42.5 Å². The van der Waals surface area contributed by atoms with Crippen LogP contribution in [0.2, 0.25) is 0 Å². The van der Waals surface area contributed by atoms with Crippen LogP contribution in [0, 0.1) is 13.8 Å². The van der Waals surface area contributed by atoms with E-state index in [1.165, 1.54) is 11.8 Å². The molecule has 0 radical (unpaired) electrons. The number of hydrogen-bond acceptors (Lipinski definition) is 4. The Balaban J connectivity index is 1.44. The minimum Gasteiger partial charge on any atom is -0.325 e. The van der Waals surface area contributed by atoms with Gasteiger partial charge in [0.1, 0.15) is 5.70 Å². The lowest BCUT2D eigenvalue weighted by Crippen LogP contribution is -2.30. The van der Waals surface area contributed by atoms with E-state index in [-0.39, 0.29) is 23.3 Å². The minimum atomic E-state index is -0.460. The molecule has 0 aliphatic carbocycles. The van der Waals surface area contributed by atoms with Crippen LogP contribution in [0.1, 0.15) is 27.0 Å². The molecule has 0 aromatic heterocycles. The summed E-state index contributed by atoms with van der Waals surface area (Å²) in [6, 6.07) is 31.2. The van der Waals surface area contributed by atoms with Crippen LogP contribution in [0.5, 0.6) is 0 Å². The van der Waals surface area contributed by atoms with Crippen LogP contribution >= 0.6 is 11.8 Å². The van der Waals surface area contributed by atoms with Gasteiger partial charge in [-0.25, -0.2) is 0 Å². The highest BCUT2D eigenvalue weighted by molar-refractivity contribution is 8.00. The number of hydrogen-bond donors (Lipinski definition) is 3. The third kappa shape index (κ3) is 7.93. The van der Waals surface area contributed by atoms with Crippen molar-refractivity contribution in [3.8, 4) is 0 Å². The molecule has 6 nitrogen and oxygen atoms in total. The topological polar surface area (TPSA) is 87.3 Å². The predicted molar refractivity (Wildman–Crippen MR) is 159 cm³/mol. The number of amides is 3. The van der Waals surface area contributed by atoms with E-state index in [2.05, 4.69) is 16.0 Å². The first-order chi connectivity index (χ1) is 18.9. The molecule has 0 aliphatic rings. The average Bonchev–Trinajstić information content (AvgIpc) is 2.95. The number of anilines is 2. The molecule has 3 N–H and O–H groups in total. The maximum atomic E-state index is 13.3. The van der Waals surface area contributed by atoms with Crippen LogP contribution in [-0.2, 0) is 9.59 Å². The zero-order valence-electron chi connectivity index (χ0n) is 21.7. The lowest BCUT2D eigenvalue weighted by molar-refractivity contribution is -0.114. The fourth-order valence-corrected chi connectivity index (χ4v) is 4.61. The van der Waals surface area contributed by atoms with Crippen LogP contribution in [0.4, 0.5) is 11.4 Å². The van der Waals surface area contributed by atoms with Gasteiger partial charge in [-0.05, 0) is 66.9 Å². The van der Waals surface area contributed by atoms with Gasteiger partial charge in [-0.2, -0.15) is 0 Å². The molecule has 0 spiro atoms. The molecule has 0 unspecified atom stereocenters. The molecule has 196 valence electrons. The third-order valence-electron chi connectivity index (χ3n) is 5.85. The summed E-state index contributed by atoms with van der Waals surface area (Å²) in [6.07, 6.45) is 1.63.